The van der Waals surface area contributed by atoms with Crippen LogP contribution < -0.4 is 4.74 Å². The standard InChI is InChI=1S/C21H31NO3/c1-16(2)19-14-21(10-13-25-19,15-20(23)22-11-6-7-12-22)17-8-4-5-9-18(17)24-3/h4-5,8-9,16,19H,6-7,10-15H2,1-3H3/t19-,21+/m0/s1. The van der Waals surface area contributed by atoms with Crippen LogP contribution >= 0.6 is 0 Å². The van der Waals surface area contributed by atoms with Crippen molar-refractivity contribution in [2.45, 2.75) is 57.5 Å². The Balaban J connectivity index is 1.94. The zero-order chi connectivity index (χ0) is 17.9. The summed E-state index contributed by atoms with van der Waals surface area (Å²) in [6.45, 7) is 6.92. The van der Waals surface area contributed by atoms with Crippen LogP contribution in [0.25, 0.3) is 0 Å². The van der Waals surface area contributed by atoms with E-state index in [-0.39, 0.29) is 17.4 Å². The first-order valence-corrected chi connectivity index (χ1v) is 9.58. The summed E-state index contributed by atoms with van der Waals surface area (Å²) < 4.78 is 11.7. The maximum Gasteiger partial charge on any atom is 0.223 e. The van der Waals surface area contributed by atoms with Crippen molar-refractivity contribution in [2.24, 2.45) is 5.92 Å². The lowest BCUT2D eigenvalue weighted by atomic mass is 9.68. The highest BCUT2D eigenvalue weighted by atomic mass is 16.5. The fourth-order valence-electron chi connectivity index (χ4n) is 4.33. The molecule has 1 amide bonds. The number of methoxy groups -OCH3 is 1. The summed E-state index contributed by atoms with van der Waals surface area (Å²) >= 11 is 0. The Kier molecular flexibility index (Phi) is 5.67. The van der Waals surface area contributed by atoms with Gasteiger partial charge in [-0.15, -0.1) is 0 Å². The Labute approximate surface area is 151 Å². The summed E-state index contributed by atoms with van der Waals surface area (Å²) in [5.41, 5.74) is 0.971. The fraction of sp³-hybridized carbons (Fsp3) is 0.667. The van der Waals surface area contributed by atoms with Gasteiger partial charge in [0.1, 0.15) is 5.75 Å². The number of benzene rings is 1. The topological polar surface area (TPSA) is 38.8 Å². The number of hydrogen-bond donors (Lipinski definition) is 0. The molecule has 0 bridgehead atoms. The molecule has 2 aliphatic rings. The number of carbonyl (C=O) groups excluding carboxylic acids is 1. The normalized spacial score (nSPS) is 26.9. The number of likely N-dealkylation sites (tertiary alicyclic amines) is 1. The number of para-hydroxylation sites is 1. The van der Waals surface area contributed by atoms with E-state index in [2.05, 4.69) is 26.0 Å². The second kappa shape index (κ2) is 7.77. The molecule has 2 fully saturated rings. The van der Waals surface area contributed by atoms with Gasteiger partial charge in [0, 0.05) is 37.1 Å². The highest BCUT2D eigenvalue weighted by Crippen LogP contribution is 2.45. The first-order chi connectivity index (χ1) is 12.1. The van der Waals surface area contributed by atoms with Crippen molar-refractivity contribution in [2.75, 3.05) is 26.8 Å². The molecule has 4 heteroatoms. The minimum atomic E-state index is -0.195. The smallest absolute Gasteiger partial charge is 0.223 e. The minimum Gasteiger partial charge on any atom is -0.496 e. The fourth-order valence-corrected chi connectivity index (χ4v) is 4.33. The van der Waals surface area contributed by atoms with E-state index in [0.29, 0.717) is 18.9 Å². The molecule has 0 aliphatic carbocycles. The molecule has 25 heavy (non-hydrogen) atoms. The van der Waals surface area contributed by atoms with Gasteiger partial charge in [0.05, 0.1) is 13.2 Å². The lowest BCUT2D eigenvalue weighted by Crippen LogP contribution is -2.44. The molecule has 1 aromatic rings. The summed E-state index contributed by atoms with van der Waals surface area (Å²) in [5, 5.41) is 0. The summed E-state index contributed by atoms with van der Waals surface area (Å²) in [6.07, 6.45) is 4.75. The molecule has 0 N–H and O–H groups in total. The van der Waals surface area contributed by atoms with Crippen molar-refractivity contribution in [1.29, 1.82) is 0 Å². The highest BCUT2D eigenvalue weighted by Gasteiger charge is 2.43. The predicted octanol–water partition coefficient (Wildman–Crippen LogP) is 3.78. The molecular weight excluding hydrogens is 314 g/mol. The average Bonchev–Trinajstić information content (AvgIpc) is 3.16. The van der Waals surface area contributed by atoms with Crippen LogP contribution in [0, 0.1) is 5.92 Å². The maximum absolute atomic E-state index is 13.0. The van der Waals surface area contributed by atoms with Crippen LogP contribution in [0.4, 0.5) is 0 Å². The number of ether oxygens (including phenoxy) is 2. The maximum atomic E-state index is 13.0. The highest BCUT2D eigenvalue weighted by molar-refractivity contribution is 5.78. The van der Waals surface area contributed by atoms with Gasteiger partial charge in [0.25, 0.3) is 0 Å². The number of rotatable bonds is 5. The molecule has 0 unspecified atom stereocenters. The first kappa shape index (κ1) is 18.2. The number of nitrogens with zero attached hydrogens (tertiary/aromatic N) is 1. The molecule has 4 nitrogen and oxygen atoms in total. The molecule has 0 aromatic heterocycles. The van der Waals surface area contributed by atoms with Gasteiger partial charge in [-0.1, -0.05) is 32.0 Å². The Hall–Kier alpha value is -1.55. The molecular formula is C21H31NO3. The third-order valence-corrected chi connectivity index (χ3v) is 5.87. The van der Waals surface area contributed by atoms with Crippen molar-refractivity contribution < 1.29 is 14.3 Å². The molecule has 2 heterocycles. The Bertz CT molecular complexity index is 595. The van der Waals surface area contributed by atoms with Gasteiger partial charge in [-0.05, 0) is 37.7 Å². The molecule has 0 radical (unpaired) electrons. The largest absolute Gasteiger partial charge is 0.496 e. The van der Waals surface area contributed by atoms with E-state index < -0.39 is 0 Å². The lowest BCUT2D eigenvalue weighted by molar-refractivity contribution is -0.133. The number of amides is 1. The molecule has 3 rings (SSSR count). The Morgan fingerprint density at radius 1 is 1.32 bits per heavy atom. The predicted molar refractivity (Wildman–Crippen MR) is 98.9 cm³/mol. The molecule has 0 saturated carbocycles. The van der Waals surface area contributed by atoms with E-state index in [4.69, 9.17) is 9.47 Å². The van der Waals surface area contributed by atoms with E-state index in [9.17, 15) is 4.79 Å². The average molecular weight is 345 g/mol. The SMILES string of the molecule is COc1ccccc1[C@]1(CC(=O)N2CCCC2)CCO[C@H](C(C)C)C1. The van der Waals surface area contributed by atoms with Gasteiger partial charge < -0.3 is 14.4 Å². The molecule has 0 spiro atoms. The van der Waals surface area contributed by atoms with Gasteiger partial charge in [-0.25, -0.2) is 0 Å². The second-order valence-corrected chi connectivity index (χ2v) is 7.85. The van der Waals surface area contributed by atoms with Crippen LogP contribution in [0.5, 0.6) is 5.75 Å². The van der Waals surface area contributed by atoms with E-state index >= 15 is 0 Å². The zero-order valence-electron chi connectivity index (χ0n) is 15.8. The minimum absolute atomic E-state index is 0.185. The van der Waals surface area contributed by atoms with E-state index in [1.54, 1.807) is 7.11 Å². The van der Waals surface area contributed by atoms with Crippen molar-refractivity contribution >= 4 is 5.91 Å². The van der Waals surface area contributed by atoms with Gasteiger partial charge >= 0.3 is 0 Å². The Morgan fingerprint density at radius 2 is 2.04 bits per heavy atom. The number of hydrogen-bond acceptors (Lipinski definition) is 3. The third kappa shape index (κ3) is 3.84. The van der Waals surface area contributed by atoms with E-state index in [1.165, 1.54) is 5.56 Å². The molecule has 2 atom stereocenters. The van der Waals surface area contributed by atoms with Crippen LogP contribution in [0.3, 0.4) is 0 Å². The summed E-state index contributed by atoms with van der Waals surface area (Å²) in [4.78, 5) is 15.1. The molecule has 1 aromatic carbocycles. The van der Waals surface area contributed by atoms with Crippen LogP contribution in [0.15, 0.2) is 24.3 Å². The van der Waals surface area contributed by atoms with Gasteiger partial charge in [0.15, 0.2) is 0 Å². The molecule has 138 valence electrons. The van der Waals surface area contributed by atoms with Crippen molar-refractivity contribution in [1.82, 2.24) is 4.90 Å². The number of carbonyl (C=O) groups is 1. The van der Waals surface area contributed by atoms with Gasteiger partial charge in [-0.3, -0.25) is 4.79 Å². The zero-order valence-corrected chi connectivity index (χ0v) is 15.8. The van der Waals surface area contributed by atoms with E-state index in [1.807, 2.05) is 17.0 Å². The van der Waals surface area contributed by atoms with Crippen LogP contribution in [0.1, 0.15) is 51.5 Å². The van der Waals surface area contributed by atoms with Crippen LogP contribution in [-0.4, -0.2) is 43.7 Å². The monoisotopic (exact) mass is 345 g/mol. The first-order valence-electron chi connectivity index (χ1n) is 9.58. The van der Waals surface area contributed by atoms with Crippen molar-refractivity contribution in [3.63, 3.8) is 0 Å². The lowest BCUT2D eigenvalue weighted by Gasteiger charge is -2.43. The van der Waals surface area contributed by atoms with E-state index in [0.717, 1.165) is 44.5 Å². The Morgan fingerprint density at radius 3 is 2.72 bits per heavy atom. The molecule has 2 aliphatic heterocycles. The second-order valence-electron chi connectivity index (χ2n) is 7.85. The third-order valence-electron chi connectivity index (χ3n) is 5.87. The van der Waals surface area contributed by atoms with Gasteiger partial charge in [0.2, 0.25) is 5.91 Å². The summed E-state index contributed by atoms with van der Waals surface area (Å²) in [7, 11) is 1.72. The van der Waals surface area contributed by atoms with Crippen molar-refractivity contribution in [3.8, 4) is 5.75 Å². The van der Waals surface area contributed by atoms with Crippen LogP contribution in [0.2, 0.25) is 0 Å². The molecule has 2 saturated heterocycles. The quantitative estimate of drug-likeness (QED) is 0.815. The van der Waals surface area contributed by atoms with Crippen LogP contribution in [-0.2, 0) is 14.9 Å². The van der Waals surface area contributed by atoms with Gasteiger partial charge in [-0.2, -0.15) is 0 Å². The summed E-state index contributed by atoms with van der Waals surface area (Å²) in [5.74, 6) is 1.62. The summed E-state index contributed by atoms with van der Waals surface area (Å²) in [6, 6.07) is 8.20. The van der Waals surface area contributed by atoms with Crippen molar-refractivity contribution in [3.05, 3.63) is 29.8 Å².